The second kappa shape index (κ2) is 8.28. The van der Waals surface area contributed by atoms with Crippen LogP contribution in [0.3, 0.4) is 0 Å². The molecule has 0 bridgehead atoms. The Hall–Kier alpha value is -4.97. The number of aromatic hydroxyl groups is 1. The molecule has 0 saturated heterocycles. The Balaban J connectivity index is 1.72. The molecule has 0 fully saturated rings. The van der Waals surface area contributed by atoms with Crippen molar-refractivity contribution in [2.75, 3.05) is 0 Å². The van der Waals surface area contributed by atoms with E-state index in [1.54, 1.807) is 60.9 Å². The summed E-state index contributed by atoms with van der Waals surface area (Å²) >= 11 is 0. The SMILES string of the molecule is N#Cc1ccc(COc2nn3c(=O)[nH]nc3c(-c3ccncc3)c2-c2ccc(O)cc2)cc1. The zero-order valence-electron chi connectivity index (χ0n) is 17.1. The van der Waals surface area contributed by atoms with Crippen molar-refractivity contribution >= 4 is 5.65 Å². The van der Waals surface area contributed by atoms with Crippen LogP contribution in [0, 0.1) is 11.3 Å². The van der Waals surface area contributed by atoms with Gasteiger partial charge in [0.2, 0.25) is 5.88 Å². The molecular weight excluding hydrogens is 420 g/mol. The highest BCUT2D eigenvalue weighted by Crippen LogP contribution is 2.40. The van der Waals surface area contributed by atoms with Gasteiger partial charge in [-0.2, -0.15) is 14.9 Å². The lowest BCUT2D eigenvalue weighted by atomic mass is 9.97. The first kappa shape index (κ1) is 20.0. The lowest BCUT2D eigenvalue weighted by Crippen LogP contribution is -2.14. The molecule has 5 rings (SSSR count). The molecule has 0 spiro atoms. The molecule has 0 aliphatic rings. The third kappa shape index (κ3) is 3.77. The zero-order valence-corrected chi connectivity index (χ0v) is 17.1. The Morgan fingerprint density at radius 3 is 2.36 bits per heavy atom. The fourth-order valence-electron chi connectivity index (χ4n) is 3.52. The van der Waals surface area contributed by atoms with Gasteiger partial charge in [-0.1, -0.05) is 24.3 Å². The summed E-state index contributed by atoms with van der Waals surface area (Å²) in [6.07, 6.45) is 3.30. The number of phenols is 1. The Kier molecular flexibility index (Phi) is 5.01. The molecule has 0 amide bonds. The van der Waals surface area contributed by atoms with Gasteiger partial charge in [0.05, 0.1) is 17.2 Å². The van der Waals surface area contributed by atoms with Crippen LogP contribution in [0.1, 0.15) is 11.1 Å². The van der Waals surface area contributed by atoms with Gasteiger partial charge < -0.3 is 9.84 Å². The summed E-state index contributed by atoms with van der Waals surface area (Å²) in [6.45, 7) is 0.164. The Bertz CT molecular complexity index is 1530. The molecule has 9 nitrogen and oxygen atoms in total. The van der Waals surface area contributed by atoms with Gasteiger partial charge in [-0.05, 0) is 53.1 Å². The minimum absolute atomic E-state index is 0.120. The average molecular weight is 436 g/mol. The van der Waals surface area contributed by atoms with Crippen molar-refractivity contribution in [3.05, 3.63) is 94.7 Å². The van der Waals surface area contributed by atoms with Crippen molar-refractivity contribution in [3.63, 3.8) is 0 Å². The number of rotatable bonds is 5. The Labute approximate surface area is 187 Å². The van der Waals surface area contributed by atoms with Crippen LogP contribution in [0.4, 0.5) is 0 Å². The number of aromatic amines is 1. The number of nitriles is 1. The third-order valence-electron chi connectivity index (χ3n) is 5.11. The van der Waals surface area contributed by atoms with E-state index in [-0.39, 0.29) is 18.2 Å². The second-order valence-corrected chi connectivity index (χ2v) is 7.20. The van der Waals surface area contributed by atoms with Crippen molar-refractivity contribution in [1.29, 1.82) is 5.26 Å². The van der Waals surface area contributed by atoms with Gasteiger partial charge >= 0.3 is 5.69 Å². The van der Waals surface area contributed by atoms with Gasteiger partial charge in [0.25, 0.3) is 0 Å². The van der Waals surface area contributed by atoms with Crippen LogP contribution >= 0.6 is 0 Å². The highest BCUT2D eigenvalue weighted by atomic mass is 16.5. The third-order valence-corrected chi connectivity index (χ3v) is 5.11. The average Bonchev–Trinajstić information content (AvgIpc) is 3.23. The number of hydrogen-bond donors (Lipinski definition) is 2. The number of H-pyrrole nitrogens is 1. The molecule has 160 valence electrons. The largest absolute Gasteiger partial charge is 0.508 e. The van der Waals surface area contributed by atoms with Crippen LogP contribution in [-0.2, 0) is 6.61 Å². The molecule has 0 saturated carbocycles. The fourth-order valence-corrected chi connectivity index (χ4v) is 3.52. The number of pyridine rings is 1. The van der Waals surface area contributed by atoms with E-state index in [2.05, 4.69) is 26.3 Å². The van der Waals surface area contributed by atoms with E-state index in [9.17, 15) is 9.90 Å². The van der Waals surface area contributed by atoms with Crippen LogP contribution in [0.15, 0.2) is 77.9 Å². The highest BCUT2D eigenvalue weighted by molar-refractivity contribution is 5.93. The van der Waals surface area contributed by atoms with Crippen LogP contribution in [0.2, 0.25) is 0 Å². The van der Waals surface area contributed by atoms with Crippen molar-refractivity contribution in [1.82, 2.24) is 24.8 Å². The number of benzene rings is 2. The monoisotopic (exact) mass is 436 g/mol. The van der Waals surface area contributed by atoms with Crippen molar-refractivity contribution in [2.24, 2.45) is 0 Å². The van der Waals surface area contributed by atoms with Gasteiger partial charge in [-0.15, -0.1) is 5.10 Å². The van der Waals surface area contributed by atoms with Gasteiger partial charge in [-0.25, -0.2) is 9.89 Å². The first-order chi connectivity index (χ1) is 16.1. The Morgan fingerprint density at radius 1 is 0.970 bits per heavy atom. The number of nitrogens with one attached hydrogen (secondary N) is 1. The minimum atomic E-state index is -0.499. The molecule has 0 aliphatic heterocycles. The van der Waals surface area contributed by atoms with Gasteiger partial charge in [0, 0.05) is 18.0 Å². The normalized spacial score (nSPS) is 10.8. The summed E-state index contributed by atoms with van der Waals surface area (Å²) in [6, 6.07) is 19.3. The van der Waals surface area contributed by atoms with Crippen LogP contribution in [0.5, 0.6) is 11.6 Å². The van der Waals surface area contributed by atoms with Crippen molar-refractivity contribution in [3.8, 4) is 40.0 Å². The molecule has 0 atom stereocenters. The van der Waals surface area contributed by atoms with Crippen LogP contribution < -0.4 is 10.4 Å². The summed E-state index contributed by atoms with van der Waals surface area (Å²) in [7, 11) is 0. The Morgan fingerprint density at radius 2 is 1.67 bits per heavy atom. The molecule has 0 unspecified atom stereocenters. The maximum Gasteiger partial charge on any atom is 0.364 e. The number of phenolic OH excluding ortho intramolecular Hbond substituents is 1. The lowest BCUT2D eigenvalue weighted by Gasteiger charge is -2.16. The van der Waals surface area contributed by atoms with Crippen molar-refractivity contribution < 1.29 is 9.84 Å². The topological polar surface area (TPSA) is 129 Å². The molecular formula is C24H16N6O3. The van der Waals surface area contributed by atoms with Crippen molar-refractivity contribution in [2.45, 2.75) is 6.61 Å². The number of nitrogens with zero attached hydrogens (tertiary/aromatic N) is 5. The number of hydrogen-bond acceptors (Lipinski definition) is 7. The zero-order chi connectivity index (χ0) is 22.8. The predicted molar refractivity (Wildman–Crippen MR) is 119 cm³/mol. The number of aromatic nitrogens is 5. The molecule has 9 heteroatoms. The summed E-state index contributed by atoms with van der Waals surface area (Å²) < 4.78 is 7.26. The standard InChI is InChI=1S/C24H16N6O3/c25-13-15-1-3-16(4-2-15)14-33-23-21(17-5-7-19(31)8-6-17)20(18-9-11-26-12-10-18)22-27-28-24(32)30(22)29-23/h1-12,31H,14H2,(H,28,32). The quantitative estimate of drug-likeness (QED) is 0.432. The summed E-state index contributed by atoms with van der Waals surface area (Å²) in [5.74, 6) is 0.335. The van der Waals surface area contributed by atoms with Gasteiger partial charge in [0.1, 0.15) is 12.4 Å². The molecule has 3 aromatic heterocycles. The van der Waals surface area contributed by atoms with Crippen LogP contribution in [0.25, 0.3) is 27.9 Å². The van der Waals surface area contributed by atoms with Gasteiger partial charge in [-0.3, -0.25) is 4.98 Å². The maximum absolute atomic E-state index is 12.4. The highest BCUT2D eigenvalue weighted by Gasteiger charge is 2.22. The molecule has 5 aromatic rings. The molecule has 0 radical (unpaired) electrons. The molecule has 2 N–H and O–H groups in total. The molecule has 33 heavy (non-hydrogen) atoms. The van der Waals surface area contributed by atoms with E-state index in [1.165, 1.54) is 0 Å². The van der Waals surface area contributed by atoms with E-state index >= 15 is 0 Å². The fraction of sp³-hybridized carbons (Fsp3) is 0.0417. The van der Waals surface area contributed by atoms with E-state index in [1.807, 2.05) is 12.1 Å². The lowest BCUT2D eigenvalue weighted by molar-refractivity contribution is 0.290. The first-order valence-corrected chi connectivity index (χ1v) is 9.97. The van der Waals surface area contributed by atoms with Gasteiger partial charge in [0.15, 0.2) is 5.65 Å². The summed E-state index contributed by atoms with van der Waals surface area (Å²) in [5, 5.41) is 29.8. The number of fused-ring (bicyclic) bond motifs is 1. The molecule has 2 aromatic carbocycles. The first-order valence-electron chi connectivity index (χ1n) is 9.97. The predicted octanol–water partition coefficient (Wildman–Crippen LogP) is 3.30. The smallest absolute Gasteiger partial charge is 0.364 e. The molecule has 0 aliphatic carbocycles. The molecule has 3 heterocycles. The van der Waals surface area contributed by atoms with E-state index < -0.39 is 5.69 Å². The maximum atomic E-state index is 12.4. The number of ether oxygens (including phenoxy) is 1. The van der Waals surface area contributed by atoms with E-state index in [0.717, 1.165) is 21.2 Å². The second-order valence-electron chi connectivity index (χ2n) is 7.20. The summed E-state index contributed by atoms with van der Waals surface area (Å²) in [5.41, 5.74) is 3.95. The van der Waals surface area contributed by atoms with Crippen LogP contribution in [-0.4, -0.2) is 29.9 Å². The van der Waals surface area contributed by atoms with E-state index in [4.69, 9.17) is 10.00 Å². The summed E-state index contributed by atoms with van der Waals surface area (Å²) in [4.78, 5) is 16.5. The minimum Gasteiger partial charge on any atom is -0.508 e. The van der Waals surface area contributed by atoms with E-state index in [0.29, 0.717) is 22.3 Å².